The van der Waals surface area contributed by atoms with Crippen LogP contribution in [0.4, 0.5) is 0 Å². The van der Waals surface area contributed by atoms with E-state index in [-0.39, 0.29) is 0 Å². The van der Waals surface area contributed by atoms with Crippen molar-refractivity contribution < 1.29 is 8.83 Å². The van der Waals surface area contributed by atoms with Gasteiger partial charge in [0.15, 0.2) is 23.1 Å². The fourth-order valence-corrected chi connectivity index (χ4v) is 6.03. The maximum absolute atomic E-state index is 6.56. The summed E-state index contributed by atoms with van der Waals surface area (Å²) in [4.78, 5) is 19.9. The first kappa shape index (κ1) is 26.0. The molecule has 0 aliphatic heterocycles. The predicted octanol–water partition coefficient (Wildman–Crippen LogP) is 10.2. The number of nitrogens with zero attached hydrogens (tertiary/aromatic N) is 4. The van der Waals surface area contributed by atoms with E-state index in [4.69, 9.17) is 28.8 Å². The molecule has 0 radical (unpaired) electrons. The van der Waals surface area contributed by atoms with E-state index in [1.165, 1.54) is 0 Å². The predicted molar refractivity (Wildman–Crippen MR) is 182 cm³/mol. The van der Waals surface area contributed by atoms with E-state index in [1.54, 1.807) is 0 Å². The summed E-state index contributed by atoms with van der Waals surface area (Å²) in [6.45, 7) is 0. The molecule has 46 heavy (non-hydrogen) atoms. The van der Waals surface area contributed by atoms with Crippen LogP contribution in [0.15, 0.2) is 154 Å². The van der Waals surface area contributed by atoms with E-state index in [1.807, 2.05) is 121 Å². The molecule has 0 spiro atoms. The van der Waals surface area contributed by atoms with Crippen LogP contribution in [0.5, 0.6) is 0 Å². The number of aromatic nitrogens is 4. The molecule has 0 fully saturated rings. The van der Waals surface area contributed by atoms with E-state index in [0.717, 1.165) is 49.7 Å². The van der Waals surface area contributed by atoms with Gasteiger partial charge < -0.3 is 8.83 Å². The molecule has 0 aliphatic carbocycles. The number of fused-ring (bicyclic) bond motifs is 5. The normalized spacial score (nSPS) is 11.5. The van der Waals surface area contributed by atoms with Gasteiger partial charge in [0.2, 0.25) is 5.89 Å². The molecule has 6 aromatic carbocycles. The fraction of sp³-hybridized carbons (Fsp3) is 0. The highest BCUT2D eigenvalue weighted by Gasteiger charge is 2.21. The molecule has 0 bridgehead atoms. The minimum absolute atomic E-state index is 0.523. The number of rotatable bonds is 5. The third-order valence-corrected chi connectivity index (χ3v) is 8.20. The second-order valence-electron chi connectivity index (χ2n) is 11.0. The van der Waals surface area contributed by atoms with Crippen LogP contribution < -0.4 is 0 Å². The van der Waals surface area contributed by atoms with Crippen LogP contribution in [-0.2, 0) is 0 Å². The van der Waals surface area contributed by atoms with E-state index in [0.29, 0.717) is 40.1 Å². The molecule has 9 rings (SSSR count). The first-order valence-electron chi connectivity index (χ1n) is 15.1. The van der Waals surface area contributed by atoms with Crippen molar-refractivity contribution in [3.05, 3.63) is 146 Å². The molecule has 0 saturated carbocycles. The lowest BCUT2D eigenvalue weighted by Crippen LogP contribution is -2.01. The summed E-state index contributed by atoms with van der Waals surface area (Å²) in [5.41, 5.74) is 8.48. The zero-order chi connectivity index (χ0) is 30.5. The minimum atomic E-state index is 0.523. The third kappa shape index (κ3) is 4.35. The van der Waals surface area contributed by atoms with Crippen LogP contribution in [0, 0.1) is 0 Å². The standard InChI is InChI=1S/C40H24N4O2/c1-4-13-25(14-5-1)28-19-10-11-20-29(28)38-42-37(26-15-6-2-7-16-26)43-39(44-38)31-22-12-21-30-34-33(45-35(30)31)24-23-32-36(34)46-40(41-32)27-17-8-3-9-18-27/h1-24H. The SMILES string of the molecule is c1ccc(-c2nc(-c3ccccc3-c3ccccc3)nc(-c3cccc4c3oc3ccc5nc(-c6ccccc6)oc5c34)n2)cc1. The van der Waals surface area contributed by atoms with Crippen molar-refractivity contribution in [2.45, 2.75) is 0 Å². The van der Waals surface area contributed by atoms with Crippen LogP contribution in [0.25, 0.3) is 89.8 Å². The van der Waals surface area contributed by atoms with Crippen molar-refractivity contribution in [1.29, 1.82) is 0 Å². The lowest BCUT2D eigenvalue weighted by atomic mass is 9.99. The number of para-hydroxylation sites is 1. The number of oxazole rings is 1. The molecule has 3 aromatic heterocycles. The lowest BCUT2D eigenvalue weighted by Gasteiger charge is -2.12. The van der Waals surface area contributed by atoms with Crippen molar-refractivity contribution in [1.82, 2.24) is 19.9 Å². The number of benzene rings is 6. The van der Waals surface area contributed by atoms with Gasteiger partial charge in [-0.05, 0) is 41.5 Å². The minimum Gasteiger partial charge on any atom is -0.455 e. The monoisotopic (exact) mass is 592 g/mol. The topological polar surface area (TPSA) is 77.8 Å². The summed E-state index contributed by atoms with van der Waals surface area (Å²) in [5.74, 6) is 2.26. The van der Waals surface area contributed by atoms with Gasteiger partial charge in [-0.3, -0.25) is 0 Å². The van der Waals surface area contributed by atoms with Gasteiger partial charge in [0, 0.05) is 22.1 Å². The van der Waals surface area contributed by atoms with Crippen LogP contribution in [-0.4, -0.2) is 19.9 Å². The third-order valence-electron chi connectivity index (χ3n) is 8.20. The Kier molecular flexibility index (Phi) is 6.03. The summed E-state index contributed by atoms with van der Waals surface area (Å²) >= 11 is 0. The van der Waals surface area contributed by atoms with Gasteiger partial charge in [-0.25, -0.2) is 19.9 Å². The first-order valence-corrected chi connectivity index (χ1v) is 15.1. The fourth-order valence-electron chi connectivity index (χ4n) is 6.03. The van der Waals surface area contributed by atoms with Gasteiger partial charge in [-0.2, -0.15) is 0 Å². The smallest absolute Gasteiger partial charge is 0.227 e. The summed E-state index contributed by atoms with van der Waals surface area (Å²) in [6, 6.07) is 48.3. The highest BCUT2D eigenvalue weighted by atomic mass is 16.4. The second kappa shape index (κ2) is 10.6. The summed E-state index contributed by atoms with van der Waals surface area (Å²) in [5, 5.41) is 1.78. The Morgan fingerprint density at radius 3 is 1.70 bits per heavy atom. The zero-order valence-electron chi connectivity index (χ0n) is 24.5. The Morgan fingerprint density at radius 1 is 0.370 bits per heavy atom. The molecule has 0 unspecified atom stereocenters. The van der Waals surface area contributed by atoms with Crippen LogP contribution in [0.1, 0.15) is 0 Å². The Hall–Kier alpha value is -6.40. The Morgan fingerprint density at radius 2 is 0.957 bits per heavy atom. The Balaban J connectivity index is 1.27. The molecule has 0 N–H and O–H groups in total. The van der Waals surface area contributed by atoms with E-state index >= 15 is 0 Å². The van der Waals surface area contributed by atoms with Crippen molar-refractivity contribution in [3.8, 4) is 56.7 Å². The maximum Gasteiger partial charge on any atom is 0.227 e. The summed E-state index contributed by atoms with van der Waals surface area (Å²) in [6.07, 6.45) is 0. The van der Waals surface area contributed by atoms with E-state index in [2.05, 4.69) is 24.3 Å². The lowest BCUT2D eigenvalue weighted by molar-refractivity contribution is 0.622. The average Bonchev–Trinajstić information content (AvgIpc) is 3.74. The summed E-state index contributed by atoms with van der Waals surface area (Å²) < 4.78 is 12.9. The molecule has 0 amide bonds. The number of hydrogen-bond acceptors (Lipinski definition) is 6. The Bertz CT molecular complexity index is 2520. The van der Waals surface area contributed by atoms with E-state index < -0.39 is 0 Å². The molecule has 6 nitrogen and oxygen atoms in total. The van der Waals surface area contributed by atoms with Crippen molar-refractivity contribution in [2.24, 2.45) is 0 Å². The number of furan rings is 1. The van der Waals surface area contributed by atoms with Gasteiger partial charge in [0.1, 0.15) is 16.7 Å². The van der Waals surface area contributed by atoms with Gasteiger partial charge in [-0.1, -0.05) is 115 Å². The molecular weight excluding hydrogens is 568 g/mol. The van der Waals surface area contributed by atoms with Gasteiger partial charge in [0.05, 0.1) is 10.9 Å². The van der Waals surface area contributed by atoms with Crippen molar-refractivity contribution in [2.75, 3.05) is 0 Å². The largest absolute Gasteiger partial charge is 0.455 e. The first-order chi connectivity index (χ1) is 22.8. The number of hydrogen-bond donors (Lipinski definition) is 0. The summed E-state index contributed by atoms with van der Waals surface area (Å²) in [7, 11) is 0. The second-order valence-corrected chi connectivity index (χ2v) is 11.0. The van der Waals surface area contributed by atoms with Crippen molar-refractivity contribution in [3.63, 3.8) is 0 Å². The zero-order valence-corrected chi connectivity index (χ0v) is 24.5. The van der Waals surface area contributed by atoms with Gasteiger partial charge in [0.25, 0.3) is 0 Å². The molecule has 9 aromatic rings. The maximum atomic E-state index is 6.56. The van der Waals surface area contributed by atoms with Crippen molar-refractivity contribution >= 4 is 33.0 Å². The van der Waals surface area contributed by atoms with Gasteiger partial charge in [-0.15, -0.1) is 0 Å². The van der Waals surface area contributed by atoms with E-state index in [9.17, 15) is 0 Å². The highest BCUT2D eigenvalue weighted by molar-refractivity contribution is 6.18. The molecule has 3 heterocycles. The molecule has 216 valence electrons. The quantitative estimate of drug-likeness (QED) is 0.198. The molecule has 0 atom stereocenters. The molecule has 6 heteroatoms. The molecule has 0 aliphatic rings. The molecular formula is C40H24N4O2. The van der Waals surface area contributed by atoms with Crippen LogP contribution in [0.3, 0.4) is 0 Å². The highest BCUT2D eigenvalue weighted by Crippen LogP contribution is 2.40. The molecule has 0 saturated heterocycles. The average molecular weight is 593 g/mol. The van der Waals surface area contributed by atoms with Crippen LogP contribution >= 0.6 is 0 Å². The van der Waals surface area contributed by atoms with Gasteiger partial charge >= 0.3 is 0 Å². The van der Waals surface area contributed by atoms with Crippen LogP contribution in [0.2, 0.25) is 0 Å². The Labute approximate surface area is 263 Å².